The summed E-state index contributed by atoms with van der Waals surface area (Å²) in [6, 6.07) is 17.6. The molecule has 1 aromatic heterocycles. The SMILES string of the molecule is Nc1ccn([C@@H]2O[C@H](C(O)C(=O)/C=C/c3ccccc3)[C@](O)(C(=O)/C=C/c3ccccc3)C2(F)F)c(=O)n1. The zero-order chi connectivity index (χ0) is 27.5. The van der Waals surface area contributed by atoms with Crippen molar-refractivity contribution in [1.29, 1.82) is 0 Å². The number of aliphatic hydroxyl groups is 2. The fourth-order valence-electron chi connectivity index (χ4n) is 4.01. The Kier molecular flexibility index (Phi) is 7.44. The Bertz CT molecular complexity index is 1440. The van der Waals surface area contributed by atoms with Crippen molar-refractivity contribution in [3.8, 4) is 0 Å². The topological polar surface area (TPSA) is 145 Å². The highest BCUT2D eigenvalue weighted by Gasteiger charge is 2.75. The Morgan fingerprint density at radius 3 is 2.11 bits per heavy atom. The lowest BCUT2D eigenvalue weighted by molar-refractivity contribution is -0.191. The van der Waals surface area contributed by atoms with Crippen LogP contribution >= 0.6 is 0 Å². The number of aromatic nitrogens is 2. The highest BCUT2D eigenvalue weighted by Crippen LogP contribution is 2.51. The fourth-order valence-corrected chi connectivity index (χ4v) is 4.01. The van der Waals surface area contributed by atoms with Crippen molar-refractivity contribution in [3.63, 3.8) is 0 Å². The number of carbonyl (C=O) groups is 2. The van der Waals surface area contributed by atoms with Gasteiger partial charge in [0.25, 0.3) is 0 Å². The lowest BCUT2D eigenvalue weighted by Crippen LogP contribution is -2.62. The van der Waals surface area contributed by atoms with E-state index in [2.05, 4.69) is 4.98 Å². The maximum absolute atomic E-state index is 15.8. The predicted molar refractivity (Wildman–Crippen MR) is 134 cm³/mol. The van der Waals surface area contributed by atoms with Crippen LogP contribution in [-0.4, -0.2) is 55.1 Å². The largest absolute Gasteiger partial charge is 0.383 e. The van der Waals surface area contributed by atoms with E-state index >= 15 is 8.78 Å². The second kappa shape index (κ2) is 10.6. The highest BCUT2D eigenvalue weighted by atomic mass is 19.3. The van der Waals surface area contributed by atoms with Gasteiger partial charge in [-0.2, -0.15) is 13.8 Å². The molecule has 0 bridgehead atoms. The molecule has 9 nitrogen and oxygen atoms in total. The van der Waals surface area contributed by atoms with Crippen molar-refractivity contribution >= 4 is 29.5 Å². The lowest BCUT2D eigenvalue weighted by atomic mass is 9.82. The minimum absolute atomic E-state index is 0.262. The van der Waals surface area contributed by atoms with E-state index < -0.39 is 47.2 Å². The molecule has 4 N–H and O–H groups in total. The van der Waals surface area contributed by atoms with E-state index in [4.69, 9.17) is 10.5 Å². The molecule has 38 heavy (non-hydrogen) atoms. The van der Waals surface area contributed by atoms with Gasteiger partial charge in [-0.05, 0) is 29.3 Å². The smallest absolute Gasteiger partial charge is 0.351 e. The second-order valence-electron chi connectivity index (χ2n) is 8.54. The summed E-state index contributed by atoms with van der Waals surface area (Å²) >= 11 is 0. The average molecular weight is 523 g/mol. The molecule has 4 atom stereocenters. The van der Waals surface area contributed by atoms with Crippen molar-refractivity contribution in [2.45, 2.75) is 30.0 Å². The van der Waals surface area contributed by atoms with Gasteiger partial charge < -0.3 is 20.7 Å². The number of carbonyl (C=O) groups excluding carboxylic acids is 2. The normalized spacial score (nSPS) is 23.6. The van der Waals surface area contributed by atoms with Crippen LogP contribution < -0.4 is 11.4 Å². The van der Waals surface area contributed by atoms with E-state index in [0.29, 0.717) is 21.8 Å². The minimum Gasteiger partial charge on any atom is -0.383 e. The molecule has 0 amide bonds. The first kappa shape index (κ1) is 26.7. The first-order chi connectivity index (χ1) is 18.1. The number of ether oxygens (including phenoxy) is 1. The maximum atomic E-state index is 15.8. The van der Waals surface area contributed by atoms with Gasteiger partial charge in [-0.1, -0.05) is 72.8 Å². The van der Waals surface area contributed by atoms with Crippen molar-refractivity contribution in [3.05, 3.63) is 107 Å². The van der Waals surface area contributed by atoms with Crippen LogP contribution in [0.5, 0.6) is 0 Å². The van der Waals surface area contributed by atoms with Crippen molar-refractivity contribution in [1.82, 2.24) is 9.55 Å². The molecule has 2 heterocycles. The molecule has 4 rings (SSSR count). The van der Waals surface area contributed by atoms with Gasteiger partial charge in [0, 0.05) is 6.20 Å². The van der Waals surface area contributed by atoms with Crippen LogP contribution in [0.15, 0.2) is 89.9 Å². The Labute approximate surface area is 215 Å². The molecule has 11 heteroatoms. The summed E-state index contributed by atoms with van der Waals surface area (Å²) in [7, 11) is 0. The molecule has 3 aromatic rings. The highest BCUT2D eigenvalue weighted by molar-refractivity contribution is 6.03. The van der Waals surface area contributed by atoms with Crippen LogP contribution in [0.25, 0.3) is 12.2 Å². The van der Waals surface area contributed by atoms with Crippen molar-refractivity contribution < 1.29 is 33.3 Å². The first-order valence-corrected chi connectivity index (χ1v) is 11.4. The number of benzene rings is 2. The van der Waals surface area contributed by atoms with E-state index in [1.54, 1.807) is 60.7 Å². The van der Waals surface area contributed by atoms with Gasteiger partial charge in [-0.3, -0.25) is 14.2 Å². The summed E-state index contributed by atoms with van der Waals surface area (Å²) in [4.78, 5) is 41.6. The zero-order valence-corrected chi connectivity index (χ0v) is 19.7. The monoisotopic (exact) mass is 523 g/mol. The number of anilines is 1. The number of alkyl halides is 2. The van der Waals surface area contributed by atoms with Gasteiger partial charge in [-0.15, -0.1) is 0 Å². The van der Waals surface area contributed by atoms with Gasteiger partial charge >= 0.3 is 11.6 Å². The van der Waals surface area contributed by atoms with Crippen LogP contribution in [0, 0.1) is 0 Å². The number of hydrogen-bond donors (Lipinski definition) is 3. The third-order valence-corrected chi connectivity index (χ3v) is 6.03. The number of nitrogens with two attached hydrogens (primary N) is 1. The Balaban J connectivity index is 1.74. The van der Waals surface area contributed by atoms with E-state index in [1.807, 2.05) is 0 Å². The van der Waals surface area contributed by atoms with Gasteiger partial charge in [0.15, 0.2) is 11.6 Å². The summed E-state index contributed by atoms with van der Waals surface area (Å²) < 4.78 is 37.2. The average Bonchev–Trinajstić information content (AvgIpc) is 3.12. The van der Waals surface area contributed by atoms with Crippen LogP contribution in [0.2, 0.25) is 0 Å². The van der Waals surface area contributed by atoms with Gasteiger partial charge in [0.1, 0.15) is 18.0 Å². The molecular weight excluding hydrogens is 500 g/mol. The van der Waals surface area contributed by atoms with E-state index in [1.165, 1.54) is 12.2 Å². The van der Waals surface area contributed by atoms with Crippen LogP contribution in [-0.2, 0) is 14.3 Å². The van der Waals surface area contributed by atoms with E-state index in [-0.39, 0.29) is 5.82 Å². The number of rotatable bonds is 8. The summed E-state index contributed by atoms with van der Waals surface area (Å²) in [5.74, 6) is -7.42. The lowest BCUT2D eigenvalue weighted by Gasteiger charge is -2.32. The number of aliphatic hydroxyl groups excluding tert-OH is 1. The number of halogens is 2. The van der Waals surface area contributed by atoms with Gasteiger partial charge in [0.05, 0.1) is 0 Å². The second-order valence-corrected chi connectivity index (χ2v) is 8.54. The molecule has 1 aliphatic heterocycles. The third-order valence-electron chi connectivity index (χ3n) is 6.03. The molecule has 0 radical (unpaired) electrons. The Morgan fingerprint density at radius 2 is 1.55 bits per heavy atom. The number of ketones is 2. The molecular formula is C27H23F2N3O6. The maximum Gasteiger partial charge on any atom is 0.351 e. The van der Waals surface area contributed by atoms with Crippen LogP contribution in [0.4, 0.5) is 14.6 Å². The van der Waals surface area contributed by atoms with E-state index in [9.17, 15) is 24.6 Å². The summed E-state index contributed by atoms with van der Waals surface area (Å²) in [5.41, 5.74) is 1.47. The number of nitrogens with zero attached hydrogens (tertiary/aromatic N) is 2. The van der Waals surface area contributed by atoms with E-state index in [0.717, 1.165) is 18.3 Å². The van der Waals surface area contributed by atoms with Crippen LogP contribution in [0.1, 0.15) is 17.4 Å². The molecule has 196 valence electrons. The first-order valence-electron chi connectivity index (χ1n) is 11.4. The Hall–Kier alpha value is -4.32. The minimum atomic E-state index is -4.50. The zero-order valence-electron chi connectivity index (χ0n) is 19.7. The van der Waals surface area contributed by atoms with Crippen molar-refractivity contribution in [2.24, 2.45) is 0 Å². The van der Waals surface area contributed by atoms with Crippen LogP contribution in [0.3, 0.4) is 0 Å². The molecule has 0 saturated carbocycles. The molecule has 0 aliphatic carbocycles. The molecule has 2 aromatic carbocycles. The van der Waals surface area contributed by atoms with Gasteiger partial charge in [0.2, 0.25) is 11.8 Å². The summed E-state index contributed by atoms with van der Waals surface area (Å²) in [6.45, 7) is 0. The predicted octanol–water partition coefficient (Wildman–Crippen LogP) is 2.02. The molecule has 1 saturated heterocycles. The Morgan fingerprint density at radius 1 is 1.00 bits per heavy atom. The third kappa shape index (κ3) is 4.94. The quantitative estimate of drug-likeness (QED) is 0.381. The fraction of sp³-hybridized carbons (Fsp3) is 0.185. The molecule has 1 unspecified atom stereocenters. The number of hydrogen-bond acceptors (Lipinski definition) is 8. The molecule has 1 aliphatic rings. The number of nitrogen functional groups attached to an aromatic ring is 1. The molecule has 1 fully saturated rings. The van der Waals surface area contributed by atoms with Crippen molar-refractivity contribution in [2.75, 3.05) is 5.73 Å². The van der Waals surface area contributed by atoms with Gasteiger partial charge in [-0.25, -0.2) is 4.79 Å². The molecule has 0 spiro atoms. The standard InChI is InChI=1S/C27H23F2N3O6/c28-27(29)24(32-16-15-21(30)31-25(32)36)38-23(22(35)19(33)13-11-17-7-3-1-4-8-17)26(27,37)20(34)14-12-18-9-5-2-6-10-18/h1-16,22-24,35,37H,(H2,30,31,36)/b13-11+,14-12+/t22?,23-,24-,26-/m1/s1. The summed E-state index contributed by atoms with van der Waals surface area (Å²) in [5, 5.41) is 22.0. The summed E-state index contributed by atoms with van der Waals surface area (Å²) in [6.07, 6.45) is -2.48.